The Kier molecular flexibility index (Phi) is 1.46. The van der Waals surface area contributed by atoms with Crippen LogP contribution in [-0.2, 0) is 14.3 Å². The van der Waals surface area contributed by atoms with Gasteiger partial charge in [0.25, 0.3) is 0 Å². The maximum absolute atomic E-state index is 11.4. The molecular formula is C10H10O3. The van der Waals surface area contributed by atoms with Crippen molar-refractivity contribution in [3.8, 4) is 0 Å². The molecule has 0 bridgehead atoms. The van der Waals surface area contributed by atoms with Gasteiger partial charge in [-0.2, -0.15) is 0 Å². The second-order valence-electron chi connectivity index (χ2n) is 3.69. The maximum Gasteiger partial charge on any atom is 0.324 e. The fraction of sp³-hybridized carbons (Fsp3) is 0.400. The minimum Gasteiger partial charge on any atom is -0.392 e. The van der Waals surface area contributed by atoms with Gasteiger partial charge < -0.3 is 4.74 Å². The summed E-state index contributed by atoms with van der Waals surface area (Å²) < 4.78 is 4.61. The Morgan fingerprint density at radius 2 is 2.15 bits per heavy atom. The molecule has 0 amide bonds. The third-order valence-electron chi connectivity index (χ3n) is 2.73. The smallest absolute Gasteiger partial charge is 0.324 e. The van der Waals surface area contributed by atoms with Gasteiger partial charge in [0, 0.05) is 0 Å². The molecule has 0 aromatic carbocycles. The van der Waals surface area contributed by atoms with Crippen LogP contribution < -0.4 is 0 Å². The Balaban J connectivity index is 2.54. The maximum atomic E-state index is 11.4. The average molecular weight is 178 g/mol. The molecule has 0 aromatic rings. The Morgan fingerprint density at radius 1 is 1.46 bits per heavy atom. The van der Waals surface area contributed by atoms with Crippen molar-refractivity contribution >= 4 is 11.9 Å². The van der Waals surface area contributed by atoms with Crippen LogP contribution in [0.1, 0.15) is 13.8 Å². The van der Waals surface area contributed by atoms with Crippen molar-refractivity contribution in [2.45, 2.75) is 13.8 Å². The van der Waals surface area contributed by atoms with E-state index in [-0.39, 0.29) is 0 Å². The van der Waals surface area contributed by atoms with Crippen molar-refractivity contribution in [3.63, 3.8) is 0 Å². The predicted molar refractivity (Wildman–Crippen MR) is 45.6 cm³/mol. The lowest BCUT2D eigenvalue weighted by Gasteiger charge is -2.24. The van der Waals surface area contributed by atoms with Crippen molar-refractivity contribution in [2.24, 2.45) is 11.3 Å². The highest BCUT2D eigenvalue weighted by molar-refractivity contribution is 6.02. The quantitative estimate of drug-likeness (QED) is 0.413. The summed E-state index contributed by atoms with van der Waals surface area (Å²) in [6.45, 7) is 3.57. The first-order valence-electron chi connectivity index (χ1n) is 4.18. The van der Waals surface area contributed by atoms with Gasteiger partial charge in [-0.05, 0) is 13.8 Å². The number of allylic oxidation sites excluding steroid dienone is 2. The molecule has 0 aromatic heterocycles. The summed E-state index contributed by atoms with van der Waals surface area (Å²) in [5.41, 5.74) is 0.122. The minimum absolute atomic E-state index is 0.412. The van der Waals surface area contributed by atoms with Crippen LogP contribution in [0.4, 0.5) is 0 Å². The van der Waals surface area contributed by atoms with Crippen LogP contribution in [-0.4, -0.2) is 11.9 Å². The van der Waals surface area contributed by atoms with E-state index >= 15 is 0 Å². The summed E-state index contributed by atoms with van der Waals surface area (Å²) >= 11 is 0. The Bertz CT molecular complexity index is 351. The zero-order valence-corrected chi connectivity index (χ0v) is 7.53. The van der Waals surface area contributed by atoms with E-state index in [0.717, 1.165) is 5.57 Å². The van der Waals surface area contributed by atoms with Gasteiger partial charge in [0.15, 0.2) is 0 Å². The number of cyclic esters (lactones) is 2. The van der Waals surface area contributed by atoms with Crippen LogP contribution in [0.2, 0.25) is 0 Å². The Labute approximate surface area is 76.1 Å². The topological polar surface area (TPSA) is 43.4 Å². The molecule has 2 aliphatic rings. The summed E-state index contributed by atoms with van der Waals surface area (Å²) in [7, 11) is 0. The van der Waals surface area contributed by atoms with Gasteiger partial charge in [0.05, 0.1) is 5.92 Å². The van der Waals surface area contributed by atoms with Crippen molar-refractivity contribution in [3.05, 3.63) is 23.8 Å². The molecule has 1 fully saturated rings. The first kappa shape index (κ1) is 8.23. The lowest BCUT2D eigenvalue weighted by Crippen LogP contribution is -2.30. The molecule has 3 nitrogen and oxygen atoms in total. The fourth-order valence-corrected chi connectivity index (χ4v) is 1.94. The molecule has 1 aliphatic heterocycles. The van der Waals surface area contributed by atoms with E-state index in [2.05, 4.69) is 4.74 Å². The fourth-order valence-electron chi connectivity index (χ4n) is 1.94. The van der Waals surface area contributed by atoms with Gasteiger partial charge in [-0.15, -0.1) is 0 Å². The van der Waals surface area contributed by atoms with Crippen molar-refractivity contribution in [1.29, 1.82) is 0 Å². The normalized spacial score (nSPS) is 37.1. The van der Waals surface area contributed by atoms with E-state index in [9.17, 15) is 9.59 Å². The van der Waals surface area contributed by atoms with Gasteiger partial charge in [-0.25, -0.2) is 0 Å². The molecule has 0 spiro atoms. The minimum atomic E-state index is -0.768. The largest absolute Gasteiger partial charge is 0.392 e. The highest BCUT2D eigenvalue weighted by Crippen LogP contribution is 2.43. The summed E-state index contributed by atoms with van der Waals surface area (Å²) in [4.78, 5) is 22.7. The molecule has 0 saturated carbocycles. The van der Waals surface area contributed by atoms with Gasteiger partial charge in [0.1, 0.15) is 5.41 Å². The van der Waals surface area contributed by atoms with Gasteiger partial charge >= 0.3 is 11.9 Å². The molecule has 2 atom stereocenters. The van der Waals surface area contributed by atoms with Crippen molar-refractivity contribution < 1.29 is 14.3 Å². The lowest BCUT2D eigenvalue weighted by molar-refractivity contribution is -0.154. The van der Waals surface area contributed by atoms with Crippen LogP contribution in [0.3, 0.4) is 0 Å². The lowest BCUT2D eigenvalue weighted by atomic mass is 9.73. The third-order valence-corrected chi connectivity index (χ3v) is 2.73. The predicted octanol–water partition coefficient (Wildman–Crippen LogP) is 1.21. The van der Waals surface area contributed by atoms with Crippen molar-refractivity contribution in [1.82, 2.24) is 0 Å². The molecule has 1 heterocycles. The Morgan fingerprint density at radius 3 is 2.77 bits per heavy atom. The van der Waals surface area contributed by atoms with Gasteiger partial charge in [-0.3, -0.25) is 9.59 Å². The SMILES string of the molecule is CC1=CC=CC2(C)C(=O)OC(=O)C12. The molecule has 3 heteroatoms. The summed E-state index contributed by atoms with van der Waals surface area (Å²) in [6, 6.07) is 0. The van der Waals surface area contributed by atoms with E-state index in [1.807, 2.05) is 13.0 Å². The number of rotatable bonds is 0. The van der Waals surface area contributed by atoms with Crippen LogP contribution in [0.5, 0.6) is 0 Å². The van der Waals surface area contributed by atoms with Gasteiger partial charge in [0.2, 0.25) is 0 Å². The first-order chi connectivity index (χ1) is 6.05. The third kappa shape index (κ3) is 0.899. The monoisotopic (exact) mass is 178 g/mol. The Hall–Kier alpha value is -1.38. The molecule has 2 unspecified atom stereocenters. The molecule has 1 aliphatic carbocycles. The first-order valence-corrected chi connectivity index (χ1v) is 4.18. The number of ether oxygens (including phenoxy) is 1. The second-order valence-corrected chi connectivity index (χ2v) is 3.69. The van der Waals surface area contributed by atoms with Crippen LogP contribution >= 0.6 is 0 Å². The van der Waals surface area contributed by atoms with Gasteiger partial charge in [-0.1, -0.05) is 23.8 Å². The molecular weight excluding hydrogens is 168 g/mol. The number of esters is 2. The molecule has 1 saturated heterocycles. The summed E-state index contributed by atoms with van der Waals surface area (Å²) in [6.07, 6.45) is 5.37. The number of carbonyl (C=O) groups excluding carboxylic acids is 2. The van der Waals surface area contributed by atoms with E-state index in [4.69, 9.17) is 0 Å². The van der Waals surface area contributed by atoms with Crippen LogP contribution in [0, 0.1) is 11.3 Å². The van der Waals surface area contributed by atoms with E-state index in [1.54, 1.807) is 19.1 Å². The highest BCUT2D eigenvalue weighted by atomic mass is 16.6. The van der Waals surface area contributed by atoms with Crippen LogP contribution in [0.15, 0.2) is 23.8 Å². The van der Waals surface area contributed by atoms with E-state index < -0.39 is 23.3 Å². The summed E-state index contributed by atoms with van der Waals surface area (Å²) in [5.74, 6) is -1.28. The zero-order chi connectivity index (χ0) is 9.64. The number of fused-ring (bicyclic) bond motifs is 1. The van der Waals surface area contributed by atoms with E-state index in [1.165, 1.54) is 0 Å². The van der Waals surface area contributed by atoms with Crippen LogP contribution in [0.25, 0.3) is 0 Å². The molecule has 0 radical (unpaired) electrons. The summed E-state index contributed by atoms with van der Waals surface area (Å²) in [5, 5.41) is 0. The molecule has 0 N–H and O–H groups in total. The molecule has 2 rings (SSSR count). The average Bonchev–Trinajstić information content (AvgIpc) is 2.24. The number of hydrogen-bond donors (Lipinski definition) is 0. The second kappa shape index (κ2) is 2.31. The van der Waals surface area contributed by atoms with Crippen molar-refractivity contribution in [2.75, 3.05) is 0 Å². The number of carbonyl (C=O) groups is 2. The molecule has 68 valence electrons. The molecule has 13 heavy (non-hydrogen) atoms. The van der Waals surface area contributed by atoms with E-state index in [0.29, 0.717) is 0 Å². The standard InChI is InChI=1S/C10H10O3/c1-6-4-3-5-10(2)7(6)8(11)13-9(10)12/h3-5,7H,1-2H3. The zero-order valence-electron chi connectivity index (χ0n) is 7.53. The highest BCUT2D eigenvalue weighted by Gasteiger charge is 2.54. The number of hydrogen-bond acceptors (Lipinski definition) is 3.